The highest BCUT2D eigenvalue weighted by atomic mass is 16.5. The topological polar surface area (TPSA) is 68.8 Å². The Balaban J connectivity index is 2.82. The van der Waals surface area contributed by atoms with Gasteiger partial charge in [-0.3, -0.25) is 4.79 Å². The van der Waals surface area contributed by atoms with Crippen LogP contribution in [0.25, 0.3) is 0 Å². The maximum atomic E-state index is 11.8. The Morgan fingerprint density at radius 1 is 1.10 bits per heavy atom. The second kappa shape index (κ2) is 8.27. The summed E-state index contributed by atoms with van der Waals surface area (Å²) in [5, 5.41) is 5.91. The van der Waals surface area contributed by atoms with Gasteiger partial charge < -0.3 is 24.8 Å². The van der Waals surface area contributed by atoms with Crippen LogP contribution in [0.4, 0.5) is 5.69 Å². The van der Waals surface area contributed by atoms with E-state index in [1.54, 1.807) is 12.1 Å². The molecule has 2 N–H and O–H groups in total. The van der Waals surface area contributed by atoms with Crippen LogP contribution in [0.5, 0.6) is 17.2 Å². The van der Waals surface area contributed by atoms with Crippen molar-refractivity contribution < 1.29 is 19.0 Å². The normalized spacial score (nSPS) is 10.0. The molecule has 6 heteroatoms. The number of carbonyl (C=O) groups is 1. The number of carbonyl (C=O) groups excluding carboxylic acids is 1. The summed E-state index contributed by atoms with van der Waals surface area (Å²) in [5.41, 5.74) is 0.612. The van der Waals surface area contributed by atoms with E-state index in [1.807, 2.05) is 6.92 Å². The molecular formula is C14H22N2O4. The van der Waals surface area contributed by atoms with Crippen LogP contribution in [0.3, 0.4) is 0 Å². The fourth-order valence-electron chi connectivity index (χ4n) is 1.76. The molecule has 0 aromatic heterocycles. The SMILES string of the molecule is CCNCCC(=O)Nc1cc(OC)c(OC)c(OC)c1. The van der Waals surface area contributed by atoms with Crippen molar-refractivity contribution in [2.24, 2.45) is 0 Å². The van der Waals surface area contributed by atoms with Crippen LogP contribution in [0.15, 0.2) is 12.1 Å². The van der Waals surface area contributed by atoms with E-state index in [0.717, 1.165) is 6.54 Å². The summed E-state index contributed by atoms with van der Waals surface area (Å²) in [6.07, 6.45) is 0.407. The minimum Gasteiger partial charge on any atom is -0.493 e. The lowest BCUT2D eigenvalue weighted by Crippen LogP contribution is -2.21. The highest BCUT2D eigenvalue weighted by Gasteiger charge is 2.14. The molecule has 1 aromatic rings. The standard InChI is InChI=1S/C14H22N2O4/c1-5-15-7-6-13(17)16-10-8-11(18-2)14(20-4)12(9-10)19-3/h8-9,15H,5-7H2,1-4H3,(H,16,17). The maximum Gasteiger partial charge on any atom is 0.225 e. The Kier molecular flexibility index (Phi) is 6.66. The molecule has 0 atom stereocenters. The average molecular weight is 282 g/mol. The molecule has 0 aliphatic heterocycles. The zero-order valence-electron chi connectivity index (χ0n) is 12.4. The molecule has 0 fully saturated rings. The summed E-state index contributed by atoms with van der Waals surface area (Å²) in [6, 6.07) is 3.40. The van der Waals surface area contributed by atoms with Gasteiger partial charge in [-0.05, 0) is 6.54 Å². The van der Waals surface area contributed by atoms with Crippen molar-refractivity contribution in [1.82, 2.24) is 5.32 Å². The van der Waals surface area contributed by atoms with E-state index in [2.05, 4.69) is 10.6 Å². The lowest BCUT2D eigenvalue weighted by atomic mass is 10.2. The highest BCUT2D eigenvalue weighted by molar-refractivity contribution is 5.91. The van der Waals surface area contributed by atoms with Crippen LogP contribution >= 0.6 is 0 Å². The van der Waals surface area contributed by atoms with E-state index in [0.29, 0.717) is 35.9 Å². The van der Waals surface area contributed by atoms with Crippen molar-refractivity contribution in [2.45, 2.75) is 13.3 Å². The predicted molar refractivity (Wildman–Crippen MR) is 77.9 cm³/mol. The number of nitrogens with one attached hydrogen (secondary N) is 2. The van der Waals surface area contributed by atoms with Gasteiger partial charge in [0.25, 0.3) is 0 Å². The van der Waals surface area contributed by atoms with Crippen molar-refractivity contribution in [2.75, 3.05) is 39.7 Å². The number of hydrogen-bond donors (Lipinski definition) is 2. The van der Waals surface area contributed by atoms with Crippen LogP contribution in [-0.4, -0.2) is 40.3 Å². The first kappa shape index (κ1) is 16.1. The Hall–Kier alpha value is -1.95. The van der Waals surface area contributed by atoms with Gasteiger partial charge in [0.05, 0.1) is 21.3 Å². The maximum absolute atomic E-state index is 11.8. The van der Waals surface area contributed by atoms with E-state index in [4.69, 9.17) is 14.2 Å². The van der Waals surface area contributed by atoms with Crippen molar-refractivity contribution in [3.05, 3.63) is 12.1 Å². The minimum absolute atomic E-state index is 0.0692. The molecule has 0 heterocycles. The van der Waals surface area contributed by atoms with Crippen molar-refractivity contribution in [1.29, 1.82) is 0 Å². The smallest absolute Gasteiger partial charge is 0.225 e. The summed E-state index contributed by atoms with van der Waals surface area (Å²) < 4.78 is 15.7. The fourth-order valence-corrected chi connectivity index (χ4v) is 1.76. The van der Waals surface area contributed by atoms with E-state index in [-0.39, 0.29) is 5.91 Å². The van der Waals surface area contributed by atoms with Gasteiger partial charge in [-0.15, -0.1) is 0 Å². The van der Waals surface area contributed by atoms with Crippen LogP contribution in [0.1, 0.15) is 13.3 Å². The molecule has 20 heavy (non-hydrogen) atoms. The number of amides is 1. The van der Waals surface area contributed by atoms with Gasteiger partial charge in [0.15, 0.2) is 11.5 Å². The summed E-state index contributed by atoms with van der Waals surface area (Å²) in [7, 11) is 4.61. The Morgan fingerprint density at radius 2 is 1.70 bits per heavy atom. The Bertz CT molecular complexity index is 424. The minimum atomic E-state index is -0.0692. The fraction of sp³-hybridized carbons (Fsp3) is 0.500. The Morgan fingerprint density at radius 3 is 2.15 bits per heavy atom. The van der Waals surface area contributed by atoms with Crippen LogP contribution in [0, 0.1) is 0 Å². The predicted octanol–water partition coefficient (Wildman–Crippen LogP) is 1.65. The van der Waals surface area contributed by atoms with Crippen molar-refractivity contribution in [3.8, 4) is 17.2 Å². The third-order valence-corrected chi connectivity index (χ3v) is 2.73. The summed E-state index contributed by atoms with van der Waals surface area (Å²) in [4.78, 5) is 11.8. The molecule has 0 aliphatic rings. The molecule has 0 spiro atoms. The largest absolute Gasteiger partial charge is 0.493 e. The van der Waals surface area contributed by atoms with Crippen molar-refractivity contribution in [3.63, 3.8) is 0 Å². The molecular weight excluding hydrogens is 260 g/mol. The first-order chi connectivity index (χ1) is 9.65. The van der Waals surface area contributed by atoms with Gasteiger partial charge in [0.2, 0.25) is 11.7 Å². The van der Waals surface area contributed by atoms with Gasteiger partial charge >= 0.3 is 0 Å². The number of methoxy groups -OCH3 is 3. The zero-order valence-corrected chi connectivity index (χ0v) is 12.4. The molecule has 0 unspecified atom stereocenters. The monoisotopic (exact) mass is 282 g/mol. The van der Waals surface area contributed by atoms with Crippen molar-refractivity contribution >= 4 is 11.6 Å². The molecule has 1 aromatic carbocycles. The summed E-state index contributed by atoms with van der Waals surface area (Å²) in [6.45, 7) is 3.49. The summed E-state index contributed by atoms with van der Waals surface area (Å²) >= 11 is 0. The van der Waals surface area contributed by atoms with E-state index >= 15 is 0 Å². The number of benzene rings is 1. The average Bonchev–Trinajstić information content (AvgIpc) is 2.46. The molecule has 0 saturated carbocycles. The molecule has 0 saturated heterocycles. The second-order valence-corrected chi connectivity index (χ2v) is 4.07. The molecule has 0 radical (unpaired) electrons. The Labute approximate surface area is 119 Å². The van der Waals surface area contributed by atoms with E-state index in [9.17, 15) is 4.79 Å². The van der Waals surface area contributed by atoms with Gasteiger partial charge in [0.1, 0.15) is 0 Å². The molecule has 1 rings (SSSR count). The van der Waals surface area contributed by atoms with Crippen LogP contribution < -0.4 is 24.8 Å². The third-order valence-electron chi connectivity index (χ3n) is 2.73. The number of anilines is 1. The quantitative estimate of drug-likeness (QED) is 0.710. The lowest BCUT2D eigenvalue weighted by molar-refractivity contribution is -0.116. The molecule has 1 amide bonds. The van der Waals surface area contributed by atoms with Gasteiger partial charge in [-0.1, -0.05) is 6.92 Å². The van der Waals surface area contributed by atoms with Gasteiger partial charge in [0, 0.05) is 30.8 Å². The first-order valence-corrected chi connectivity index (χ1v) is 6.46. The van der Waals surface area contributed by atoms with Crippen LogP contribution in [0.2, 0.25) is 0 Å². The zero-order chi connectivity index (χ0) is 15.0. The molecule has 0 aliphatic carbocycles. The number of ether oxygens (including phenoxy) is 3. The molecule has 0 bridgehead atoms. The third kappa shape index (κ3) is 4.31. The lowest BCUT2D eigenvalue weighted by Gasteiger charge is -2.14. The van der Waals surface area contributed by atoms with E-state index < -0.39 is 0 Å². The van der Waals surface area contributed by atoms with E-state index in [1.165, 1.54) is 21.3 Å². The number of rotatable bonds is 8. The first-order valence-electron chi connectivity index (χ1n) is 6.46. The highest BCUT2D eigenvalue weighted by Crippen LogP contribution is 2.39. The molecule has 112 valence electrons. The van der Waals surface area contributed by atoms with Crippen LogP contribution in [-0.2, 0) is 4.79 Å². The number of hydrogen-bond acceptors (Lipinski definition) is 5. The second-order valence-electron chi connectivity index (χ2n) is 4.07. The summed E-state index contributed by atoms with van der Waals surface area (Å²) in [5.74, 6) is 1.45. The van der Waals surface area contributed by atoms with Gasteiger partial charge in [-0.2, -0.15) is 0 Å². The molecule has 6 nitrogen and oxygen atoms in total. The van der Waals surface area contributed by atoms with Gasteiger partial charge in [-0.25, -0.2) is 0 Å².